The van der Waals surface area contributed by atoms with Crippen LogP contribution in [-0.2, 0) is 6.54 Å². The van der Waals surface area contributed by atoms with Crippen LogP contribution in [0.2, 0.25) is 0 Å². The Kier molecular flexibility index (Phi) is 4.95. The predicted octanol–water partition coefficient (Wildman–Crippen LogP) is 4.30. The second kappa shape index (κ2) is 6.70. The van der Waals surface area contributed by atoms with Crippen molar-refractivity contribution in [1.29, 1.82) is 0 Å². The smallest absolute Gasteiger partial charge is 0.255 e. The number of nitrogen functional groups attached to an aromatic ring is 1. The van der Waals surface area contributed by atoms with Crippen LogP contribution in [0.15, 0.2) is 53.0 Å². The fraction of sp³-hybridized carbons (Fsp3) is 0.200. The minimum absolute atomic E-state index is 0.347. The molecule has 2 aromatic rings. The Morgan fingerprint density at radius 2 is 1.80 bits per heavy atom. The minimum Gasteiger partial charge on any atom is -0.397 e. The third kappa shape index (κ3) is 3.93. The van der Waals surface area contributed by atoms with E-state index in [1.807, 2.05) is 30.3 Å². The number of hydrogen-bond acceptors (Lipinski definition) is 2. The van der Waals surface area contributed by atoms with Crippen LogP contribution >= 0.6 is 15.9 Å². The molecule has 0 aliphatic carbocycles. The van der Waals surface area contributed by atoms with E-state index in [4.69, 9.17) is 5.73 Å². The van der Waals surface area contributed by atoms with E-state index in [2.05, 4.69) is 15.9 Å². The van der Waals surface area contributed by atoms with E-state index in [-0.39, 0.29) is 6.54 Å². The Hall–Kier alpha value is -1.62. The maximum absolute atomic E-state index is 12.8. The van der Waals surface area contributed by atoms with Crippen LogP contribution in [0.5, 0.6) is 0 Å². The highest BCUT2D eigenvalue weighted by Gasteiger charge is 2.15. The molecule has 0 atom stereocenters. The first-order valence-corrected chi connectivity index (χ1v) is 6.97. The summed E-state index contributed by atoms with van der Waals surface area (Å²) in [5.41, 5.74) is 8.01. The lowest BCUT2D eigenvalue weighted by Crippen LogP contribution is -2.29. The van der Waals surface area contributed by atoms with Crippen molar-refractivity contribution in [2.45, 2.75) is 13.0 Å². The van der Waals surface area contributed by atoms with Crippen molar-refractivity contribution < 1.29 is 8.78 Å². The predicted molar refractivity (Wildman–Crippen MR) is 82.1 cm³/mol. The average molecular weight is 341 g/mol. The van der Waals surface area contributed by atoms with Gasteiger partial charge in [-0.15, -0.1) is 0 Å². The molecule has 0 unspecified atom stereocenters. The summed E-state index contributed by atoms with van der Waals surface area (Å²) in [4.78, 5) is 1.60. The number of nitrogens with two attached hydrogens (primary N) is 1. The largest absolute Gasteiger partial charge is 0.397 e. The summed E-state index contributed by atoms with van der Waals surface area (Å²) >= 11 is 3.32. The molecule has 0 radical (unpaired) electrons. The molecule has 0 saturated carbocycles. The third-order valence-corrected chi connectivity index (χ3v) is 3.40. The minimum atomic E-state index is -2.42. The lowest BCUT2D eigenvalue weighted by Gasteiger charge is -2.26. The maximum atomic E-state index is 12.8. The molecule has 2 aromatic carbocycles. The van der Waals surface area contributed by atoms with Crippen molar-refractivity contribution in [3.63, 3.8) is 0 Å². The van der Waals surface area contributed by atoms with Gasteiger partial charge in [-0.25, -0.2) is 8.78 Å². The zero-order chi connectivity index (χ0) is 14.5. The molecule has 0 fully saturated rings. The Morgan fingerprint density at radius 3 is 2.40 bits per heavy atom. The molecular weight excluding hydrogens is 326 g/mol. The van der Waals surface area contributed by atoms with E-state index in [1.54, 1.807) is 23.1 Å². The van der Waals surface area contributed by atoms with E-state index in [9.17, 15) is 8.78 Å². The van der Waals surface area contributed by atoms with Gasteiger partial charge >= 0.3 is 0 Å². The second-order valence-electron chi connectivity index (χ2n) is 4.46. The van der Waals surface area contributed by atoms with E-state index >= 15 is 0 Å². The van der Waals surface area contributed by atoms with Gasteiger partial charge in [-0.3, -0.25) is 0 Å². The number of anilines is 2. The van der Waals surface area contributed by atoms with Gasteiger partial charge in [0.1, 0.15) is 0 Å². The maximum Gasteiger partial charge on any atom is 0.255 e. The first kappa shape index (κ1) is 14.8. The molecule has 5 heteroatoms. The molecule has 0 aliphatic heterocycles. The average Bonchev–Trinajstić information content (AvgIpc) is 2.38. The molecule has 2 nitrogen and oxygen atoms in total. The van der Waals surface area contributed by atoms with Crippen LogP contribution in [0.25, 0.3) is 0 Å². The fourth-order valence-electron chi connectivity index (χ4n) is 2.03. The zero-order valence-corrected chi connectivity index (χ0v) is 12.4. The highest BCUT2D eigenvalue weighted by molar-refractivity contribution is 9.10. The fourth-order valence-corrected chi connectivity index (χ4v) is 2.41. The Bertz CT molecular complexity index is 561. The molecule has 20 heavy (non-hydrogen) atoms. The van der Waals surface area contributed by atoms with Crippen LogP contribution in [0.3, 0.4) is 0 Å². The van der Waals surface area contributed by atoms with E-state index in [1.165, 1.54) is 0 Å². The molecule has 0 heterocycles. The lowest BCUT2D eigenvalue weighted by molar-refractivity contribution is 0.154. The van der Waals surface area contributed by atoms with Gasteiger partial charge in [0.25, 0.3) is 6.43 Å². The van der Waals surface area contributed by atoms with Crippen molar-refractivity contribution in [2.24, 2.45) is 0 Å². The first-order chi connectivity index (χ1) is 9.56. The van der Waals surface area contributed by atoms with Gasteiger partial charge in [0.05, 0.1) is 17.9 Å². The van der Waals surface area contributed by atoms with Crippen LogP contribution in [0, 0.1) is 0 Å². The number of halogens is 3. The summed E-state index contributed by atoms with van der Waals surface area (Å²) in [6, 6.07) is 14.8. The molecular formula is C15H15BrF2N2. The molecule has 0 bridgehead atoms. The van der Waals surface area contributed by atoms with Crippen molar-refractivity contribution >= 4 is 27.3 Å². The Balaban J connectivity index is 2.27. The molecule has 0 spiro atoms. The topological polar surface area (TPSA) is 29.3 Å². The second-order valence-corrected chi connectivity index (χ2v) is 5.38. The summed E-state index contributed by atoms with van der Waals surface area (Å²) in [6.07, 6.45) is -2.42. The van der Waals surface area contributed by atoms with Crippen molar-refractivity contribution in [3.05, 3.63) is 58.6 Å². The molecule has 0 saturated heterocycles. The molecule has 0 aliphatic rings. The summed E-state index contributed by atoms with van der Waals surface area (Å²) < 4.78 is 26.4. The van der Waals surface area contributed by atoms with Crippen LogP contribution in [0.4, 0.5) is 20.2 Å². The van der Waals surface area contributed by atoms with Crippen molar-refractivity contribution in [3.8, 4) is 0 Å². The first-order valence-electron chi connectivity index (χ1n) is 6.18. The normalized spacial score (nSPS) is 10.8. The van der Waals surface area contributed by atoms with Crippen LogP contribution < -0.4 is 10.6 Å². The SMILES string of the molecule is Nc1cc(Br)ccc1N(Cc1ccccc1)CC(F)F. The van der Waals surface area contributed by atoms with Crippen molar-refractivity contribution in [1.82, 2.24) is 0 Å². The number of alkyl halides is 2. The summed E-state index contributed by atoms with van der Waals surface area (Å²) in [7, 11) is 0. The zero-order valence-electron chi connectivity index (χ0n) is 10.8. The van der Waals surface area contributed by atoms with Gasteiger partial charge in [0, 0.05) is 11.0 Å². The van der Waals surface area contributed by atoms with Gasteiger partial charge in [-0.2, -0.15) is 0 Å². The standard InChI is InChI=1S/C15H15BrF2N2/c16-12-6-7-14(13(19)8-12)20(10-15(17)18)9-11-4-2-1-3-5-11/h1-8,15H,9-10,19H2. The number of benzene rings is 2. The van der Waals surface area contributed by atoms with Crippen LogP contribution in [0.1, 0.15) is 5.56 Å². The number of nitrogens with zero attached hydrogens (tertiary/aromatic N) is 1. The number of hydrogen-bond donors (Lipinski definition) is 1. The summed E-state index contributed by atoms with van der Waals surface area (Å²) in [5.74, 6) is 0. The van der Waals surface area contributed by atoms with Crippen LogP contribution in [-0.4, -0.2) is 13.0 Å². The highest BCUT2D eigenvalue weighted by Crippen LogP contribution is 2.28. The lowest BCUT2D eigenvalue weighted by atomic mass is 10.2. The Morgan fingerprint density at radius 1 is 1.10 bits per heavy atom. The quantitative estimate of drug-likeness (QED) is 0.822. The van der Waals surface area contributed by atoms with Gasteiger partial charge < -0.3 is 10.6 Å². The van der Waals surface area contributed by atoms with E-state index in [0.717, 1.165) is 10.0 Å². The monoisotopic (exact) mass is 340 g/mol. The summed E-state index contributed by atoms with van der Waals surface area (Å²) in [6.45, 7) is 0.0533. The van der Waals surface area contributed by atoms with Gasteiger partial charge in [-0.05, 0) is 23.8 Å². The molecule has 2 rings (SSSR count). The number of rotatable bonds is 5. The van der Waals surface area contributed by atoms with Gasteiger partial charge in [-0.1, -0.05) is 46.3 Å². The van der Waals surface area contributed by atoms with E-state index < -0.39 is 6.43 Å². The van der Waals surface area contributed by atoms with E-state index in [0.29, 0.717) is 17.9 Å². The highest BCUT2D eigenvalue weighted by atomic mass is 79.9. The molecule has 2 N–H and O–H groups in total. The molecule has 0 aromatic heterocycles. The molecule has 0 amide bonds. The van der Waals surface area contributed by atoms with Gasteiger partial charge in [0.2, 0.25) is 0 Å². The van der Waals surface area contributed by atoms with Crippen molar-refractivity contribution in [2.75, 3.05) is 17.2 Å². The Labute approximate surface area is 125 Å². The third-order valence-electron chi connectivity index (χ3n) is 2.90. The molecule has 106 valence electrons. The van der Waals surface area contributed by atoms with Gasteiger partial charge in [0.15, 0.2) is 0 Å². The summed E-state index contributed by atoms with van der Waals surface area (Å²) in [5, 5.41) is 0.